The van der Waals surface area contributed by atoms with E-state index in [4.69, 9.17) is 10.2 Å². The van der Waals surface area contributed by atoms with Crippen LogP contribution in [0.5, 0.6) is 0 Å². The van der Waals surface area contributed by atoms with Crippen LogP contribution in [-0.2, 0) is 14.3 Å². The van der Waals surface area contributed by atoms with Gasteiger partial charge in [-0.2, -0.15) is 0 Å². The van der Waals surface area contributed by atoms with Crippen LogP contribution in [0.3, 0.4) is 0 Å². The van der Waals surface area contributed by atoms with E-state index < -0.39 is 24.1 Å². The Kier molecular flexibility index (Phi) is 15.3. The zero-order valence-corrected chi connectivity index (χ0v) is 14.3. The van der Waals surface area contributed by atoms with Crippen molar-refractivity contribution >= 4 is 49.7 Å². The summed E-state index contributed by atoms with van der Waals surface area (Å²) in [7, 11) is 0. The van der Waals surface area contributed by atoms with E-state index in [1.165, 1.54) is 0 Å². The first-order valence-electron chi connectivity index (χ1n) is 2.24. The van der Waals surface area contributed by atoms with Crippen molar-refractivity contribution in [2.45, 2.75) is 12.2 Å². The van der Waals surface area contributed by atoms with Crippen LogP contribution in [-0.4, -0.2) is 72.1 Å². The first kappa shape index (κ1) is 20.2. The molecule has 1 aliphatic rings. The van der Waals surface area contributed by atoms with Gasteiger partial charge in [0.05, 0.1) is 0 Å². The molecule has 0 aromatic heterocycles. The number of carboxylic acids is 2. The van der Waals surface area contributed by atoms with E-state index in [0.29, 0.717) is 0 Å². The smallest absolute Gasteiger partial charge is 1.00 e. The van der Waals surface area contributed by atoms with Gasteiger partial charge < -0.3 is 20.7 Å². The van der Waals surface area contributed by atoms with Crippen molar-refractivity contribution in [3.63, 3.8) is 0 Å². The van der Waals surface area contributed by atoms with Gasteiger partial charge >= 0.3 is 131 Å². The summed E-state index contributed by atoms with van der Waals surface area (Å²) in [6.07, 6.45) is -2.25. The van der Waals surface area contributed by atoms with E-state index in [2.05, 4.69) is 4.74 Å². The predicted molar refractivity (Wildman–Crippen MR) is 34.1 cm³/mol. The summed E-state index contributed by atoms with van der Waals surface area (Å²) in [6.45, 7) is 0. The maximum absolute atomic E-state index is 9.89. The van der Waals surface area contributed by atoms with Crippen LogP contribution in [0.1, 0.15) is 5.71 Å². The van der Waals surface area contributed by atoms with E-state index in [9.17, 15) is 9.59 Å². The van der Waals surface area contributed by atoms with Gasteiger partial charge in [0.2, 0.25) is 0 Å². The van der Waals surface area contributed by atoms with Crippen LogP contribution in [0.25, 0.3) is 0 Å². The molecule has 1 fully saturated rings. The van der Waals surface area contributed by atoms with Crippen molar-refractivity contribution in [3.05, 3.63) is 0 Å². The maximum atomic E-state index is 9.89. The van der Waals surface area contributed by atoms with E-state index in [-0.39, 0.29) is 124 Å². The third kappa shape index (κ3) is 6.31. The molecule has 0 aromatic carbocycles. The number of aliphatic carboxylic acids is 2. The minimum absolute atomic E-state index is 0. The maximum Gasteiger partial charge on any atom is 2.00 e. The SMILES string of the molecule is O=C(O)[C@H]1O[C@H]1C(=O)O.[Ca+2].[H-].[H-].[H-].[H-].[K+].[Na+]. The molecule has 1 saturated heterocycles. The molecular weight excluding hydrogens is 230 g/mol. The summed E-state index contributed by atoms with van der Waals surface area (Å²) in [5.74, 6) is -2.44. The minimum Gasteiger partial charge on any atom is -1.00 e. The number of hydrogen-bond donors (Lipinski definition) is 2. The van der Waals surface area contributed by atoms with E-state index in [0.717, 1.165) is 0 Å². The standard InChI is InChI=1S/C4H4O5.Ca.K.Na.4H/c5-3(6)1-2(9-1)4(7)8;;;;;;;/h1-2H,(H,5,6)(H,7,8);;;;;;;/q;+2;2*+1;4*-1/t1-,2+;;;;;;;. The molecule has 0 radical (unpaired) electrons. The second-order valence-corrected chi connectivity index (χ2v) is 1.65. The Labute approximate surface area is 169 Å². The number of carbonyl (C=O) groups is 2. The second kappa shape index (κ2) is 9.05. The fourth-order valence-electron chi connectivity index (χ4n) is 0.488. The fraction of sp³-hybridized carbons (Fsp3) is 0.500. The normalized spacial score (nSPS) is 23.7. The molecule has 0 aromatic rings. The van der Waals surface area contributed by atoms with Crippen LogP contribution < -0.4 is 80.9 Å². The number of epoxide rings is 1. The first-order chi connectivity index (χ1) is 4.13. The van der Waals surface area contributed by atoms with Crippen molar-refractivity contribution in [2.75, 3.05) is 0 Å². The van der Waals surface area contributed by atoms with Crippen molar-refractivity contribution < 1.29 is 111 Å². The summed E-state index contributed by atoms with van der Waals surface area (Å²) in [4.78, 5) is 19.8. The van der Waals surface area contributed by atoms with Gasteiger partial charge in [-0.15, -0.1) is 0 Å². The zero-order chi connectivity index (χ0) is 7.02. The molecule has 12 heavy (non-hydrogen) atoms. The number of rotatable bonds is 2. The third-order valence-electron chi connectivity index (χ3n) is 0.978. The molecule has 1 aliphatic heterocycles. The van der Waals surface area contributed by atoms with Crippen LogP contribution >= 0.6 is 0 Å². The molecule has 0 saturated carbocycles. The monoisotopic (exact) mass is 238 g/mol. The molecule has 58 valence electrons. The molecule has 0 spiro atoms. The number of ether oxygens (including phenoxy) is 1. The van der Waals surface area contributed by atoms with Crippen LogP contribution in [0.15, 0.2) is 0 Å². The van der Waals surface area contributed by atoms with E-state index in [1.54, 1.807) is 0 Å². The van der Waals surface area contributed by atoms with E-state index in [1.807, 2.05) is 0 Å². The van der Waals surface area contributed by atoms with Crippen LogP contribution in [0, 0.1) is 0 Å². The topological polar surface area (TPSA) is 87.1 Å². The van der Waals surface area contributed by atoms with Crippen LogP contribution in [0.4, 0.5) is 0 Å². The molecule has 0 amide bonds. The largest absolute Gasteiger partial charge is 2.00 e. The Morgan fingerprint density at radius 1 is 1.17 bits per heavy atom. The Morgan fingerprint density at radius 2 is 1.42 bits per heavy atom. The zero-order valence-electron chi connectivity index (χ0n) is 11.0. The summed E-state index contributed by atoms with van der Waals surface area (Å²) in [5.41, 5.74) is 0. The minimum atomic E-state index is -1.22. The quantitative estimate of drug-likeness (QED) is 0.369. The Morgan fingerprint density at radius 3 is 1.50 bits per heavy atom. The van der Waals surface area contributed by atoms with Gasteiger partial charge in [0.25, 0.3) is 0 Å². The first-order valence-corrected chi connectivity index (χ1v) is 2.24. The summed E-state index contributed by atoms with van der Waals surface area (Å²) in [5, 5.41) is 16.2. The van der Waals surface area contributed by atoms with Crippen LogP contribution in [0.2, 0.25) is 0 Å². The average Bonchev–Trinajstić information content (AvgIpc) is 2.39. The molecule has 2 atom stereocenters. The van der Waals surface area contributed by atoms with E-state index >= 15 is 0 Å². The molecule has 0 bridgehead atoms. The molecule has 0 unspecified atom stereocenters. The molecule has 1 heterocycles. The number of hydrogen-bond acceptors (Lipinski definition) is 3. The van der Waals surface area contributed by atoms with Gasteiger partial charge in [0.1, 0.15) is 0 Å². The Balaban J connectivity index is -0.0000000231. The Hall–Kier alpha value is 2.80. The third-order valence-corrected chi connectivity index (χ3v) is 0.978. The molecule has 1 rings (SSSR count). The molecule has 8 heteroatoms. The average molecular weight is 238 g/mol. The molecule has 2 N–H and O–H groups in total. The van der Waals surface area contributed by atoms with Gasteiger partial charge in [0.15, 0.2) is 12.2 Å². The predicted octanol–water partition coefficient (Wildman–Crippen LogP) is -7.00. The van der Waals surface area contributed by atoms with Gasteiger partial charge in [-0.05, 0) is 0 Å². The van der Waals surface area contributed by atoms with Crippen molar-refractivity contribution in [2.24, 2.45) is 0 Å². The second-order valence-electron chi connectivity index (χ2n) is 1.65. The summed E-state index contributed by atoms with van der Waals surface area (Å²) in [6, 6.07) is 0. The molecular formula is C4H8CaKNaO5. The molecule has 0 aliphatic carbocycles. The molecule has 5 nitrogen and oxygen atoms in total. The van der Waals surface area contributed by atoms with Gasteiger partial charge in [0, 0.05) is 0 Å². The summed E-state index contributed by atoms with van der Waals surface area (Å²) < 4.78 is 4.24. The number of carboxylic acid groups (broad SMARTS) is 2. The van der Waals surface area contributed by atoms with Gasteiger partial charge in [-0.25, -0.2) is 9.59 Å². The summed E-state index contributed by atoms with van der Waals surface area (Å²) >= 11 is 0. The fourth-order valence-corrected chi connectivity index (χ4v) is 0.488. The van der Waals surface area contributed by atoms with Crippen molar-refractivity contribution in [1.82, 2.24) is 0 Å². The van der Waals surface area contributed by atoms with Gasteiger partial charge in [-0.3, -0.25) is 0 Å². The van der Waals surface area contributed by atoms with Crippen molar-refractivity contribution in [1.29, 1.82) is 0 Å². The van der Waals surface area contributed by atoms with Gasteiger partial charge in [-0.1, -0.05) is 0 Å². The van der Waals surface area contributed by atoms with Crippen molar-refractivity contribution in [3.8, 4) is 0 Å². The Bertz CT molecular complexity index is 172.